The minimum absolute atomic E-state index is 0.655. The van der Waals surface area contributed by atoms with Gasteiger partial charge in [0.25, 0.3) is 0 Å². The lowest BCUT2D eigenvalue weighted by Gasteiger charge is -1.94. The molecule has 1 nitrogen and oxygen atoms in total. The number of hydrogen-bond donors (Lipinski definition) is 0. The van der Waals surface area contributed by atoms with Crippen molar-refractivity contribution < 1.29 is 0 Å². The Morgan fingerprint density at radius 2 is 2.40 bits per heavy atom. The maximum absolute atomic E-state index is 4.17. The minimum Gasteiger partial charge on any atom is -0.266 e. The fourth-order valence-electron chi connectivity index (χ4n) is 0.655. The zero-order valence-electron chi connectivity index (χ0n) is 5.96. The molecular weight excluding hydrogens is 138 g/mol. The summed E-state index contributed by atoms with van der Waals surface area (Å²) in [5.41, 5.74) is 0. The van der Waals surface area contributed by atoms with Crippen molar-refractivity contribution in [2.45, 2.75) is 6.92 Å². The molecule has 0 aromatic carbocycles. The van der Waals surface area contributed by atoms with E-state index in [1.807, 2.05) is 31.3 Å². The monoisotopic (exact) mass is 147 g/mol. The molecule has 0 N–H and O–H groups in total. The zero-order valence-corrected chi connectivity index (χ0v) is 6.96. The van der Waals surface area contributed by atoms with Gasteiger partial charge in [0.2, 0.25) is 0 Å². The molecule has 0 unspecified atom stereocenters. The molecule has 0 bridgehead atoms. The summed E-state index contributed by atoms with van der Waals surface area (Å²) in [5.74, 6) is 0. The van der Waals surface area contributed by atoms with E-state index in [-0.39, 0.29) is 0 Å². The van der Waals surface area contributed by atoms with E-state index in [2.05, 4.69) is 11.6 Å². The number of hydrogen-bond acceptors (Lipinski definition) is 1. The molecule has 0 spiro atoms. The van der Waals surface area contributed by atoms with Gasteiger partial charge in [-0.3, -0.25) is 4.98 Å². The van der Waals surface area contributed by atoms with Crippen LogP contribution in [0.3, 0.4) is 0 Å². The Labute approximate surface area is 63.6 Å². The molecule has 0 aliphatic rings. The van der Waals surface area contributed by atoms with Crippen LogP contribution in [0.2, 0.25) is 0 Å². The van der Waals surface area contributed by atoms with Crippen molar-refractivity contribution in [1.29, 1.82) is 0 Å². The highest BCUT2D eigenvalue weighted by atomic mass is 28.2. The van der Waals surface area contributed by atoms with E-state index in [0.29, 0.717) is 9.52 Å². The SMILES string of the molecule is C=C(C)[Si]c1ccccn1. The normalized spacial score (nSPS) is 9.30. The molecule has 0 aliphatic heterocycles. The van der Waals surface area contributed by atoms with Crippen molar-refractivity contribution in [3.05, 3.63) is 36.2 Å². The Morgan fingerprint density at radius 3 is 2.90 bits per heavy atom. The lowest BCUT2D eigenvalue weighted by Crippen LogP contribution is -2.17. The first-order valence-electron chi connectivity index (χ1n) is 3.12. The van der Waals surface area contributed by atoms with Crippen LogP contribution in [0, 0.1) is 0 Å². The summed E-state index contributed by atoms with van der Waals surface area (Å²) in [6.45, 7) is 5.84. The Kier molecular flexibility index (Phi) is 2.40. The summed E-state index contributed by atoms with van der Waals surface area (Å²) >= 11 is 0. The van der Waals surface area contributed by atoms with Crippen molar-refractivity contribution in [3.8, 4) is 0 Å². The maximum Gasteiger partial charge on any atom is 0.141 e. The Balaban J connectivity index is 2.67. The summed E-state index contributed by atoms with van der Waals surface area (Å²) in [6, 6.07) is 5.94. The van der Waals surface area contributed by atoms with Crippen molar-refractivity contribution in [3.63, 3.8) is 0 Å². The first kappa shape index (κ1) is 7.22. The average Bonchev–Trinajstić information content (AvgIpc) is 1.88. The van der Waals surface area contributed by atoms with E-state index in [0.717, 1.165) is 5.32 Å². The van der Waals surface area contributed by atoms with Crippen LogP contribution in [0.25, 0.3) is 0 Å². The molecule has 0 atom stereocenters. The quantitative estimate of drug-likeness (QED) is 0.567. The second-order valence-corrected chi connectivity index (χ2v) is 3.74. The summed E-state index contributed by atoms with van der Waals surface area (Å²) < 4.78 is 0. The number of pyridine rings is 1. The van der Waals surface area contributed by atoms with Gasteiger partial charge in [0.05, 0.1) is 0 Å². The Morgan fingerprint density at radius 1 is 1.60 bits per heavy atom. The second kappa shape index (κ2) is 3.32. The zero-order chi connectivity index (χ0) is 7.40. The van der Waals surface area contributed by atoms with Gasteiger partial charge in [-0.2, -0.15) is 0 Å². The third kappa shape index (κ3) is 2.15. The van der Waals surface area contributed by atoms with Crippen molar-refractivity contribution in [2.24, 2.45) is 0 Å². The van der Waals surface area contributed by atoms with Crippen LogP contribution >= 0.6 is 0 Å². The van der Waals surface area contributed by atoms with Gasteiger partial charge in [-0.15, -0.1) is 6.58 Å². The molecule has 0 fully saturated rings. The number of aromatic nitrogens is 1. The number of nitrogens with zero attached hydrogens (tertiary/aromatic N) is 1. The average molecular weight is 147 g/mol. The summed E-state index contributed by atoms with van der Waals surface area (Å²) in [4.78, 5) is 4.17. The van der Waals surface area contributed by atoms with Crippen LogP contribution in [-0.4, -0.2) is 14.5 Å². The van der Waals surface area contributed by atoms with Gasteiger partial charge in [0.15, 0.2) is 0 Å². The summed E-state index contributed by atoms with van der Waals surface area (Å²) in [7, 11) is 0.655. The van der Waals surface area contributed by atoms with Gasteiger partial charge in [-0.05, 0) is 19.1 Å². The van der Waals surface area contributed by atoms with Crippen molar-refractivity contribution in [2.75, 3.05) is 0 Å². The van der Waals surface area contributed by atoms with E-state index in [4.69, 9.17) is 0 Å². The molecule has 0 saturated heterocycles. The van der Waals surface area contributed by atoms with E-state index in [1.165, 1.54) is 5.20 Å². The van der Waals surface area contributed by atoms with Crippen LogP contribution in [0.15, 0.2) is 36.2 Å². The highest BCUT2D eigenvalue weighted by molar-refractivity contribution is 6.59. The fraction of sp³-hybridized carbons (Fsp3) is 0.125. The van der Waals surface area contributed by atoms with Crippen LogP contribution in [0.1, 0.15) is 6.92 Å². The molecular formula is C8H9NSi. The molecule has 1 aromatic rings. The van der Waals surface area contributed by atoms with E-state index < -0.39 is 0 Å². The Hall–Kier alpha value is -0.893. The predicted molar refractivity (Wildman–Crippen MR) is 44.4 cm³/mol. The minimum atomic E-state index is 0.655. The predicted octanol–water partition coefficient (Wildman–Crippen LogP) is 0.945. The van der Waals surface area contributed by atoms with Crippen LogP contribution in [0.5, 0.6) is 0 Å². The van der Waals surface area contributed by atoms with Crippen molar-refractivity contribution >= 4 is 14.8 Å². The van der Waals surface area contributed by atoms with Gasteiger partial charge in [0.1, 0.15) is 9.52 Å². The van der Waals surface area contributed by atoms with E-state index in [9.17, 15) is 0 Å². The first-order chi connectivity index (χ1) is 4.79. The maximum atomic E-state index is 4.17. The van der Waals surface area contributed by atoms with E-state index >= 15 is 0 Å². The van der Waals surface area contributed by atoms with Gasteiger partial charge < -0.3 is 0 Å². The van der Waals surface area contributed by atoms with Crippen LogP contribution in [0.4, 0.5) is 0 Å². The molecule has 1 rings (SSSR count). The fourth-order valence-corrected chi connectivity index (χ4v) is 1.41. The molecule has 1 heterocycles. The first-order valence-corrected chi connectivity index (χ1v) is 4.12. The van der Waals surface area contributed by atoms with Gasteiger partial charge in [-0.25, -0.2) is 0 Å². The molecule has 1 aromatic heterocycles. The largest absolute Gasteiger partial charge is 0.266 e. The smallest absolute Gasteiger partial charge is 0.141 e. The van der Waals surface area contributed by atoms with Crippen LogP contribution in [-0.2, 0) is 0 Å². The highest BCUT2D eigenvalue weighted by Gasteiger charge is 1.92. The van der Waals surface area contributed by atoms with Gasteiger partial charge >= 0.3 is 0 Å². The highest BCUT2D eigenvalue weighted by Crippen LogP contribution is 1.82. The Bertz CT molecular complexity index is 218. The van der Waals surface area contributed by atoms with Gasteiger partial charge in [0, 0.05) is 11.5 Å². The van der Waals surface area contributed by atoms with Gasteiger partial charge in [-0.1, -0.05) is 11.3 Å². The molecule has 2 heteroatoms. The van der Waals surface area contributed by atoms with Crippen LogP contribution < -0.4 is 5.32 Å². The summed E-state index contributed by atoms with van der Waals surface area (Å²) in [6.07, 6.45) is 1.81. The molecule has 50 valence electrons. The molecule has 0 amide bonds. The number of rotatable bonds is 2. The summed E-state index contributed by atoms with van der Waals surface area (Å²) in [5, 5.41) is 2.30. The molecule has 2 radical (unpaired) electrons. The lowest BCUT2D eigenvalue weighted by atomic mass is 10.5. The molecule has 0 saturated carbocycles. The molecule has 0 aliphatic carbocycles. The molecule has 10 heavy (non-hydrogen) atoms. The topological polar surface area (TPSA) is 12.9 Å². The third-order valence-electron chi connectivity index (χ3n) is 1.01. The lowest BCUT2D eigenvalue weighted by molar-refractivity contribution is 1.38. The number of allylic oxidation sites excluding steroid dienone is 1. The third-order valence-corrected chi connectivity index (χ3v) is 1.99. The standard InChI is InChI=1S/C8H9NSi/c1-7(2)10-8-5-3-4-6-9-8/h3-6H,1H2,2H3. The van der Waals surface area contributed by atoms with Crippen molar-refractivity contribution in [1.82, 2.24) is 4.98 Å². The second-order valence-electron chi connectivity index (χ2n) is 2.12. The van der Waals surface area contributed by atoms with E-state index in [1.54, 1.807) is 0 Å².